The molecule has 0 bridgehead atoms. The van der Waals surface area contributed by atoms with E-state index in [4.69, 9.17) is 0 Å². The second-order valence-corrected chi connectivity index (χ2v) is 13.9. The normalized spacial score (nSPS) is 23.1. The predicted molar refractivity (Wildman–Crippen MR) is 138 cm³/mol. The zero-order valence-electron chi connectivity index (χ0n) is 21.5. The molecule has 1 aliphatic carbocycles. The van der Waals surface area contributed by atoms with E-state index < -0.39 is 10.0 Å². The lowest BCUT2D eigenvalue weighted by Crippen LogP contribution is -2.59. The van der Waals surface area contributed by atoms with Crippen LogP contribution in [0.25, 0.3) is 0 Å². The minimum atomic E-state index is -3.28. The van der Waals surface area contributed by atoms with Crippen LogP contribution in [0.15, 0.2) is 18.2 Å². The van der Waals surface area contributed by atoms with Crippen LogP contribution in [0.2, 0.25) is 0 Å². The molecule has 7 heteroatoms. The van der Waals surface area contributed by atoms with Gasteiger partial charge in [-0.25, -0.2) is 8.42 Å². The van der Waals surface area contributed by atoms with Gasteiger partial charge in [0.1, 0.15) is 0 Å². The third-order valence-electron chi connectivity index (χ3n) is 8.22. The summed E-state index contributed by atoms with van der Waals surface area (Å²) in [7, 11) is -3.28. The van der Waals surface area contributed by atoms with Gasteiger partial charge in [-0.1, -0.05) is 19.9 Å². The number of anilines is 1. The van der Waals surface area contributed by atoms with Gasteiger partial charge in [0.05, 0.1) is 12.3 Å². The van der Waals surface area contributed by atoms with E-state index in [1.54, 1.807) is 0 Å². The number of benzene rings is 1. The molecule has 0 atom stereocenters. The maximum absolute atomic E-state index is 13.2. The number of carbonyl (C=O) groups excluding carboxylic acids is 1. The van der Waals surface area contributed by atoms with Crippen molar-refractivity contribution >= 4 is 21.6 Å². The smallest absolute Gasteiger partial charge is 0.238 e. The van der Waals surface area contributed by atoms with Gasteiger partial charge in [0.2, 0.25) is 15.9 Å². The lowest BCUT2D eigenvalue weighted by molar-refractivity contribution is -0.118. The van der Waals surface area contributed by atoms with E-state index in [1.807, 2.05) is 24.2 Å². The van der Waals surface area contributed by atoms with Gasteiger partial charge in [-0.3, -0.25) is 9.69 Å². The van der Waals surface area contributed by atoms with E-state index >= 15 is 0 Å². The Morgan fingerprint density at radius 3 is 2.38 bits per heavy atom. The van der Waals surface area contributed by atoms with Crippen LogP contribution in [0.3, 0.4) is 0 Å². The molecule has 2 heterocycles. The topological polar surface area (TPSA) is 69.7 Å². The molecule has 2 aliphatic heterocycles. The van der Waals surface area contributed by atoms with Crippen LogP contribution in [0.4, 0.5) is 5.69 Å². The summed E-state index contributed by atoms with van der Waals surface area (Å²) in [6, 6.07) is 6.34. The average Bonchev–Trinajstić information content (AvgIpc) is 2.76. The molecule has 1 N–H and O–H groups in total. The molecule has 1 aromatic rings. The highest BCUT2D eigenvalue weighted by molar-refractivity contribution is 7.89. The van der Waals surface area contributed by atoms with Gasteiger partial charge in [0.15, 0.2) is 0 Å². The summed E-state index contributed by atoms with van der Waals surface area (Å²) in [6.07, 6.45) is 8.58. The van der Waals surface area contributed by atoms with Crippen molar-refractivity contribution in [3.63, 3.8) is 0 Å². The van der Waals surface area contributed by atoms with Gasteiger partial charge in [-0.15, -0.1) is 0 Å². The number of hydrogen-bond donors (Lipinski definition) is 1. The number of nitrogens with one attached hydrogen (secondary N) is 1. The lowest BCUT2D eigenvalue weighted by atomic mass is 9.69. The van der Waals surface area contributed by atoms with Crippen molar-refractivity contribution in [3.05, 3.63) is 29.3 Å². The van der Waals surface area contributed by atoms with Crippen molar-refractivity contribution < 1.29 is 13.2 Å². The van der Waals surface area contributed by atoms with Gasteiger partial charge < -0.3 is 5.32 Å². The molecule has 2 fully saturated rings. The Kier molecular flexibility index (Phi) is 7.47. The fourth-order valence-corrected chi connectivity index (χ4v) is 8.43. The Labute approximate surface area is 206 Å². The number of likely N-dealkylation sites (tertiary alicyclic amines) is 1. The maximum atomic E-state index is 13.2. The van der Waals surface area contributed by atoms with Crippen LogP contribution >= 0.6 is 0 Å². The van der Waals surface area contributed by atoms with Gasteiger partial charge in [0, 0.05) is 17.8 Å². The Hall–Kier alpha value is -1.44. The molecule has 0 saturated carbocycles. The van der Waals surface area contributed by atoms with Gasteiger partial charge in [-0.05, 0) is 113 Å². The van der Waals surface area contributed by atoms with E-state index in [0.29, 0.717) is 13.1 Å². The average molecular weight is 490 g/mol. The lowest BCUT2D eigenvalue weighted by Gasteiger charge is -2.53. The molecule has 0 aromatic heterocycles. The van der Waals surface area contributed by atoms with E-state index in [9.17, 15) is 13.2 Å². The first-order valence-corrected chi connectivity index (χ1v) is 14.7. The molecule has 4 rings (SSSR count). The first-order valence-electron chi connectivity index (χ1n) is 13.1. The molecular formula is C27H43N3O3S. The highest BCUT2D eigenvalue weighted by Gasteiger charge is 2.48. The van der Waals surface area contributed by atoms with Crippen LogP contribution in [0.1, 0.15) is 77.3 Å². The fourth-order valence-electron chi connectivity index (χ4n) is 6.09. The molecule has 2 saturated heterocycles. The summed E-state index contributed by atoms with van der Waals surface area (Å²) < 4.78 is 28.2. The highest BCUT2D eigenvalue weighted by atomic mass is 32.2. The van der Waals surface area contributed by atoms with Crippen molar-refractivity contribution in [2.24, 2.45) is 11.3 Å². The monoisotopic (exact) mass is 489 g/mol. The number of fused-ring (bicyclic) bond motifs is 1. The Morgan fingerprint density at radius 1 is 1.03 bits per heavy atom. The summed E-state index contributed by atoms with van der Waals surface area (Å²) in [5, 5.41) is 3.10. The molecule has 34 heavy (non-hydrogen) atoms. The summed E-state index contributed by atoms with van der Waals surface area (Å²) in [5.41, 5.74) is 3.40. The van der Waals surface area contributed by atoms with Crippen LogP contribution in [-0.2, 0) is 27.7 Å². The van der Waals surface area contributed by atoms with E-state index in [1.165, 1.54) is 24.0 Å². The number of sulfonamides is 1. The molecule has 0 unspecified atom stereocenters. The van der Waals surface area contributed by atoms with Crippen LogP contribution in [-0.4, -0.2) is 61.0 Å². The van der Waals surface area contributed by atoms with Crippen molar-refractivity contribution in [3.8, 4) is 0 Å². The molecule has 3 aliphatic rings. The molecular weight excluding hydrogens is 446 g/mol. The fraction of sp³-hybridized carbons (Fsp3) is 0.741. The molecule has 190 valence electrons. The summed E-state index contributed by atoms with van der Waals surface area (Å²) in [6.45, 7) is 10.8. The zero-order chi connectivity index (χ0) is 24.6. The van der Waals surface area contributed by atoms with Crippen LogP contribution in [0, 0.1) is 11.3 Å². The number of hydrogen-bond acceptors (Lipinski definition) is 4. The second-order valence-electron chi connectivity index (χ2n) is 12.0. The minimum absolute atomic E-state index is 0.0328. The van der Waals surface area contributed by atoms with Gasteiger partial charge >= 0.3 is 0 Å². The Morgan fingerprint density at radius 2 is 1.71 bits per heavy atom. The molecule has 1 amide bonds. The molecule has 0 radical (unpaired) electrons. The Balaban J connectivity index is 1.33. The predicted octanol–water partition coefficient (Wildman–Crippen LogP) is 4.45. The zero-order valence-corrected chi connectivity index (χ0v) is 22.3. The van der Waals surface area contributed by atoms with Gasteiger partial charge in [0.25, 0.3) is 0 Å². The number of carbonyl (C=O) groups is 1. The summed E-state index contributed by atoms with van der Waals surface area (Å²) in [5.74, 6) is 0.369. The van der Waals surface area contributed by atoms with Crippen molar-refractivity contribution in [2.45, 2.75) is 84.6 Å². The standard InChI is InChI=1S/C27H43N3O3S/c1-21(2)19-34(32,33)30-20-27(12-11-26(30,3)4)13-15-29(16-14-27)18-25(31)28-24-10-9-22-7-5-6-8-23(22)17-24/h9-10,17,21H,5-8,11-16,18-20H2,1-4H3,(H,28,31). The third kappa shape index (κ3) is 5.85. The quantitative estimate of drug-likeness (QED) is 0.641. The number of amides is 1. The molecule has 1 aromatic carbocycles. The van der Waals surface area contributed by atoms with Gasteiger partial charge in [-0.2, -0.15) is 4.31 Å². The van der Waals surface area contributed by atoms with Crippen molar-refractivity contribution in [2.75, 3.05) is 37.2 Å². The summed E-state index contributed by atoms with van der Waals surface area (Å²) >= 11 is 0. The number of piperidine rings is 2. The minimum Gasteiger partial charge on any atom is -0.325 e. The van der Waals surface area contributed by atoms with Crippen molar-refractivity contribution in [1.82, 2.24) is 9.21 Å². The molecule has 6 nitrogen and oxygen atoms in total. The van der Waals surface area contributed by atoms with Crippen LogP contribution < -0.4 is 5.32 Å². The first-order chi connectivity index (χ1) is 16.0. The number of rotatable bonds is 6. The third-order valence-corrected chi connectivity index (χ3v) is 10.6. The van der Waals surface area contributed by atoms with E-state index in [0.717, 1.165) is 57.3 Å². The number of aryl methyl sites for hydroxylation is 2. The second kappa shape index (κ2) is 9.90. The van der Waals surface area contributed by atoms with Crippen LogP contribution in [0.5, 0.6) is 0 Å². The first kappa shape index (κ1) is 25.6. The van der Waals surface area contributed by atoms with E-state index in [-0.39, 0.29) is 28.5 Å². The van der Waals surface area contributed by atoms with E-state index in [2.05, 4.69) is 36.2 Å². The summed E-state index contributed by atoms with van der Waals surface area (Å²) in [4.78, 5) is 15.0. The van der Waals surface area contributed by atoms with Crippen molar-refractivity contribution in [1.29, 1.82) is 0 Å². The Bertz CT molecular complexity index is 994. The largest absolute Gasteiger partial charge is 0.325 e. The number of nitrogens with zero attached hydrogens (tertiary/aromatic N) is 2. The SMILES string of the molecule is CC(C)CS(=O)(=O)N1CC2(CCN(CC(=O)Nc3ccc4c(c3)CCCC4)CC2)CCC1(C)C. The highest BCUT2D eigenvalue weighted by Crippen LogP contribution is 2.46. The molecule has 1 spiro atoms. The maximum Gasteiger partial charge on any atom is 0.238 e.